The van der Waals surface area contributed by atoms with Crippen LogP contribution in [0.1, 0.15) is 24.0 Å². The summed E-state index contributed by atoms with van der Waals surface area (Å²) < 4.78 is 5.45. The number of ether oxygens (including phenoxy) is 1. The Morgan fingerprint density at radius 2 is 1.87 bits per heavy atom. The molecule has 1 aliphatic heterocycles. The standard InChI is InChI=1S/C20H28N2O/c1-2-4-19(15-22-7-9-23-10-8-22)18(3-1)13-21-14-20-12-16-5-6-17(20)11-16/h1-6,16-17,20-21H,7-15H2. The maximum absolute atomic E-state index is 5.45. The molecule has 3 unspecified atom stereocenters. The monoisotopic (exact) mass is 312 g/mol. The minimum Gasteiger partial charge on any atom is -0.379 e. The van der Waals surface area contributed by atoms with Gasteiger partial charge in [0.1, 0.15) is 0 Å². The van der Waals surface area contributed by atoms with Crippen LogP contribution in [0.2, 0.25) is 0 Å². The first-order chi connectivity index (χ1) is 11.4. The Labute approximate surface area is 139 Å². The molecular weight excluding hydrogens is 284 g/mol. The second-order valence-corrected chi connectivity index (χ2v) is 7.33. The van der Waals surface area contributed by atoms with E-state index in [-0.39, 0.29) is 0 Å². The first-order valence-electron chi connectivity index (χ1n) is 9.14. The Balaban J connectivity index is 1.30. The van der Waals surface area contributed by atoms with Crippen molar-refractivity contribution in [1.82, 2.24) is 10.2 Å². The summed E-state index contributed by atoms with van der Waals surface area (Å²) >= 11 is 0. The third-order valence-electron chi connectivity index (χ3n) is 5.75. The van der Waals surface area contributed by atoms with Crippen molar-refractivity contribution >= 4 is 0 Å². The van der Waals surface area contributed by atoms with Crippen LogP contribution < -0.4 is 5.32 Å². The van der Waals surface area contributed by atoms with Crippen molar-refractivity contribution < 1.29 is 4.74 Å². The van der Waals surface area contributed by atoms with Gasteiger partial charge in [0.2, 0.25) is 0 Å². The Bertz CT molecular complexity index is 550. The molecule has 3 heteroatoms. The number of fused-ring (bicyclic) bond motifs is 2. The molecule has 1 N–H and O–H groups in total. The average Bonchev–Trinajstić information content (AvgIpc) is 3.20. The molecule has 3 nitrogen and oxygen atoms in total. The van der Waals surface area contributed by atoms with Crippen molar-refractivity contribution in [2.45, 2.75) is 25.9 Å². The third-order valence-corrected chi connectivity index (χ3v) is 5.75. The number of allylic oxidation sites excluding steroid dienone is 2. The lowest BCUT2D eigenvalue weighted by molar-refractivity contribution is 0.0340. The first kappa shape index (κ1) is 15.4. The van der Waals surface area contributed by atoms with Crippen LogP contribution >= 0.6 is 0 Å². The number of nitrogens with zero attached hydrogens (tertiary/aromatic N) is 1. The van der Waals surface area contributed by atoms with Gasteiger partial charge < -0.3 is 10.1 Å². The lowest BCUT2D eigenvalue weighted by Gasteiger charge is -2.27. The molecule has 0 radical (unpaired) electrons. The predicted octanol–water partition coefficient (Wildman–Crippen LogP) is 2.82. The first-order valence-corrected chi connectivity index (χ1v) is 9.14. The second-order valence-electron chi connectivity index (χ2n) is 7.33. The molecule has 1 heterocycles. The van der Waals surface area contributed by atoms with Gasteiger partial charge in [-0.25, -0.2) is 0 Å². The van der Waals surface area contributed by atoms with Gasteiger partial charge in [-0.05, 0) is 48.3 Å². The quantitative estimate of drug-likeness (QED) is 0.818. The number of benzene rings is 1. The fraction of sp³-hybridized carbons (Fsp3) is 0.600. The van der Waals surface area contributed by atoms with Crippen molar-refractivity contribution in [1.29, 1.82) is 0 Å². The van der Waals surface area contributed by atoms with Crippen LogP contribution in [0, 0.1) is 17.8 Å². The zero-order valence-corrected chi connectivity index (χ0v) is 13.9. The van der Waals surface area contributed by atoms with Gasteiger partial charge in [0, 0.05) is 26.2 Å². The SMILES string of the molecule is C1=CC2CC1CC2CNCc1ccccc1CN1CCOCC1. The van der Waals surface area contributed by atoms with Crippen LogP contribution in [0.4, 0.5) is 0 Å². The van der Waals surface area contributed by atoms with Gasteiger partial charge in [-0.2, -0.15) is 0 Å². The largest absolute Gasteiger partial charge is 0.379 e. The minimum atomic E-state index is 0.844. The molecule has 1 aromatic carbocycles. The van der Waals surface area contributed by atoms with E-state index in [1.54, 1.807) is 0 Å². The summed E-state index contributed by atoms with van der Waals surface area (Å²) in [7, 11) is 0. The Hall–Kier alpha value is -1.16. The van der Waals surface area contributed by atoms with E-state index in [1.807, 2.05) is 0 Å². The highest BCUT2D eigenvalue weighted by molar-refractivity contribution is 5.27. The molecule has 23 heavy (non-hydrogen) atoms. The fourth-order valence-corrected chi connectivity index (χ4v) is 4.41. The normalized spacial score (nSPS) is 30.2. The highest BCUT2D eigenvalue weighted by Crippen LogP contribution is 2.42. The van der Waals surface area contributed by atoms with E-state index in [0.29, 0.717) is 0 Å². The molecule has 2 bridgehead atoms. The third kappa shape index (κ3) is 3.68. The van der Waals surface area contributed by atoms with E-state index in [1.165, 1.54) is 24.0 Å². The molecule has 124 valence electrons. The molecular formula is C20H28N2O. The van der Waals surface area contributed by atoms with E-state index in [2.05, 4.69) is 46.6 Å². The summed E-state index contributed by atoms with van der Waals surface area (Å²) in [4.78, 5) is 2.50. The van der Waals surface area contributed by atoms with E-state index < -0.39 is 0 Å². The van der Waals surface area contributed by atoms with Gasteiger partial charge in [0.05, 0.1) is 13.2 Å². The molecule has 0 aromatic heterocycles. The maximum Gasteiger partial charge on any atom is 0.0594 e. The molecule has 4 rings (SSSR count). The van der Waals surface area contributed by atoms with Crippen molar-refractivity contribution in [3.05, 3.63) is 47.5 Å². The lowest BCUT2D eigenvalue weighted by atomic mass is 9.93. The van der Waals surface area contributed by atoms with E-state index >= 15 is 0 Å². The zero-order valence-electron chi connectivity index (χ0n) is 13.9. The van der Waals surface area contributed by atoms with E-state index in [9.17, 15) is 0 Å². The number of rotatable bonds is 6. The lowest BCUT2D eigenvalue weighted by Crippen LogP contribution is -2.36. The van der Waals surface area contributed by atoms with E-state index in [0.717, 1.165) is 63.7 Å². The van der Waals surface area contributed by atoms with Crippen molar-refractivity contribution in [3.8, 4) is 0 Å². The van der Waals surface area contributed by atoms with Crippen LogP contribution in [0.3, 0.4) is 0 Å². The van der Waals surface area contributed by atoms with Gasteiger partial charge in [-0.3, -0.25) is 4.90 Å². The van der Waals surface area contributed by atoms with Crippen LogP contribution in [0.5, 0.6) is 0 Å². The zero-order chi connectivity index (χ0) is 15.5. The molecule has 1 saturated carbocycles. The van der Waals surface area contributed by atoms with Crippen LogP contribution in [0.25, 0.3) is 0 Å². The smallest absolute Gasteiger partial charge is 0.0594 e. The average molecular weight is 312 g/mol. The Morgan fingerprint density at radius 1 is 1.04 bits per heavy atom. The van der Waals surface area contributed by atoms with Crippen LogP contribution in [0.15, 0.2) is 36.4 Å². The van der Waals surface area contributed by atoms with Gasteiger partial charge >= 0.3 is 0 Å². The van der Waals surface area contributed by atoms with Gasteiger partial charge in [0.15, 0.2) is 0 Å². The summed E-state index contributed by atoms with van der Waals surface area (Å²) in [6.45, 7) is 7.07. The molecule has 2 fully saturated rings. The number of hydrogen-bond donors (Lipinski definition) is 1. The van der Waals surface area contributed by atoms with Crippen LogP contribution in [-0.4, -0.2) is 37.7 Å². The number of nitrogens with one attached hydrogen (secondary N) is 1. The van der Waals surface area contributed by atoms with Crippen molar-refractivity contribution in [3.63, 3.8) is 0 Å². The predicted molar refractivity (Wildman–Crippen MR) is 93.1 cm³/mol. The summed E-state index contributed by atoms with van der Waals surface area (Å²) in [6, 6.07) is 8.90. The van der Waals surface area contributed by atoms with Crippen molar-refractivity contribution in [2.24, 2.45) is 17.8 Å². The highest BCUT2D eigenvalue weighted by atomic mass is 16.5. The Morgan fingerprint density at radius 3 is 2.61 bits per heavy atom. The second kappa shape index (κ2) is 7.16. The van der Waals surface area contributed by atoms with Gasteiger partial charge in [-0.15, -0.1) is 0 Å². The number of morpholine rings is 1. The number of hydrogen-bond acceptors (Lipinski definition) is 3. The van der Waals surface area contributed by atoms with Gasteiger partial charge in [0.25, 0.3) is 0 Å². The van der Waals surface area contributed by atoms with E-state index in [4.69, 9.17) is 4.74 Å². The van der Waals surface area contributed by atoms with Crippen LogP contribution in [-0.2, 0) is 17.8 Å². The molecule has 2 aliphatic carbocycles. The topological polar surface area (TPSA) is 24.5 Å². The van der Waals surface area contributed by atoms with Crippen molar-refractivity contribution in [2.75, 3.05) is 32.8 Å². The molecule has 0 spiro atoms. The summed E-state index contributed by atoms with van der Waals surface area (Å²) in [5, 5.41) is 3.73. The maximum atomic E-state index is 5.45. The Kier molecular flexibility index (Phi) is 4.79. The summed E-state index contributed by atoms with van der Waals surface area (Å²) in [5.41, 5.74) is 2.92. The fourth-order valence-electron chi connectivity index (χ4n) is 4.41. The summed E-state index contributed by atoms with van der Waals surface area (Å²) in [6.07, 6.45) is 7.68. The molecule has 3 aliphatic rings. The molecule has 1 aromatic rings. The highest BCUT2D eigenvalue weighted by Gasteiger charge is 2.34. The molecule has 3 atom stereocenters. The molecule has 0 amide bonds. The molecule has 1 saturated heterocycles. The summed E-state index contributed by atoms with van der Waals surface area (Å²) in [5.74, 6) is 2.58. The minimum absolute atomic E-state index is 0.844. The van der Waals surface area contributed by atoms with Gasteiger partial charge in [-0.1, -0.05) is 36.4 Å².